The van der Waals surface area contributed by atoms with E-state index in [2.05, 4.69) is 10.3 Å². The van der Waals surface area contributed by atoms with Gasteiger partial charge < -0.3 is 14.8 Å². The summed E-state index contributed by atoms with van der Waals surface area (Å²) in [5.74, 6) is 2.12. The molecule has 0 bridgehead atoms. The van der Waals surface area contributed by atoms with E-state index in [1.807, 2.05) is 53.1 Å². The zero-order valence-corrected chi connectivity index (χ0v) is 14.6. The number of benzene rings is 2. The van der Waals surface area contributed by atoms with E-state index in [9.17, 15) is 4.79 Å². The van der Waals surface area contributed by atoms with Crippen LogP contribution in [0.2, 0.25) is 0 Å². The molecule has 3 aromatic rings. The Morgan fingerprint density at radius 1 is 1.08 bits per heavy atom. The van der Waals surface area contributed by atoms with Crippen molar-refractivity contribution in [2.45, 2.75) is 12.3 Å². The Bertz CT molecular complexity index is 947. The summed E-state index contributed by atoms with van der Waals surface area (Å²) < 4.78 is 12.4. The van der Waals surface area contributed by atoms with Gasteiger partial charge in [-0.1, -0.05) is 12.1 Å². The Hall–Kier alpha value is -3.28. The van der Waals surface area contributed by atoms with Crippen LogP contribution in [0.15, 0.2) is 54.9 Å². The van der Waals surface area contributed by atoms with Crippen LogP contribution >= 0.6 is 0 Å². The van der Waals surface area contributed by atoms with Gasteiger partial charge in [-0.3, -0.25) is 9.36 Å². The van der Waals surface area contributed by atoms with E-state index in [1.165, 1.54) is 0 Å². The highest BCUT2D eigenvalue weighted by atomic mass is 16.5. The number of methoxy groups -OCH3 is 2. The first-order valence-electron chi connectivity index (χ1n) is 8.35. The van der Waals surface area contributed by atoms with Gasteiger partial charge in [-0.05, 0) is 42.0 Å². The van der Waals surface area contributed by atoms with Crippen molar-refractivity contribution < 1.29 is 14.3 Å². The van der Waals surface area contributed by atoms with E-state index in [4.69, 9.17) is 9.47 Å². The molecule has 4 rings (SSSR count). The highest BCUT2D eigenvalue weighted by Gasteiger charge is 2.31. The van der Waals surface area contributed by atoms with Gasteiger partial charge in [0, 0.05) is 18.0 Å². The molecule has 1 N–H and O–H groups in total. The molecule has 132 valence electrons. The van der Waals surface area contributed by atoms with Gasteiger partial charge in [0.2, 0.25) is 5.91 Å². The smallest absolute Gasteiger partial charge is 0.226 e. The van der Waals surface area contributed by atoms with Crippen molar-refractivity contribution >= 4 is 11.7 Å². The lowest BCUT2D eigenvalue weighted by molar-refractivity contribution is -0.116. The number of aromatic nitrogens is 2. The first kappa shape index (κ1) is 16.2. The van der Waals surface area contributed by atoms with Crippen LogP contribution in [0.5, 0.6) is 11.5 Å². The second kappa shape index (κ2) is 6.55. The van der Waals surface area contributed by atoms with E-state index in [0.29, 0.717) is 12.2 Å². The Labute approximate surface area is 151 Å². The Kier molecular flexibility index (Phi) is 4.08. The maximum absolute atomic E-state index is 12.3. The fourth-order valence-electron chi connectivity index (χ4n) is 3.28. The van der Waals surface area contributed by atoms with Crippen LogP contribution in [-0.2, 0) is 4.79 Å². The average molecular weight is 349 g/mol. The molecule has 0 aliphatic carbocycles. The number of amides is 1. The second-order valence-electron chi connectivity index (χ2n) is 6.13. The summed E-state index contributed by atoms with van der Waals surface area (Å²) in [6, 6.07) is 15.4. The fourth-order valence-corrected chi connectivity index (χ4v) is 3.28. The van der Waals surface area contributed by atoms with Gasteiger partial charge in [0.1, 0.15) is 23.6 Å². The molecule has 6 nitrogen and oxygen atoms in total. The van der Waals surface area contributed by atoms with Crippen molar-refractivity contribution in [2.24, 2.45) is 0 Å². The van der Waals surface area contributed by atoms with Gasteiger partial charge in [-0.2, -0.15) is 0 Å². The van der Waals surface area contributed by atoms with E-state index in [1.54, 1.807) is 20.5 Å². The average Bonchev–Trinajstić information content (AvgIpc) is 3.11. The standard InChI is InChI=1S/C20H19N3O3/c1-25-15-8-6-14(7-9-15)23-12-21-19-17(11-18(24)22-20(19)23)13-4-3-5-16(10-13)26-2/h3-10,12,17H,11H2,1-2H3,(H,22,24)/t17-/m1/s1. The molecule has 0 saturated carbocycles. The molecular formula is C20H19N3O3. The molecule has 0 radical (unpaired) electrons. The molecule has 1 aromatic heterocycles. The van der Waals surface area contributed by atoms with Crippen LogP contribution in [-0.4, -0.2) is 29.7 Å². The summed E-state index contributed by atoms with van der Waals surface area (Å²) in [5.41, 5.74) is 2.78. The third-order valence-corrected chi connectivity index (χ3v) is 4.62. The van der Waals surface area contributed by atoms with Gasteiger partial charge in [0.05, 0.1) is 19.9 Å². The predicted octanol–water partition coefficient (Wildman–Crippen LogP) is 3.36. The van der Waals surface area contributed by atoms with Crippen molar-refractivity contribution in [3.8, 4) is 17.2 Å². The van der Waals surface area contributed by atoms with Crippen LogP contribution in [0, 0.1) is 0 Å². The van der Waals surface area contributed by atoms with E-state index in [-0.39, 0.29) is 11.8 Å². The number of ether oxygens (including phenoxy) is 2. The number of hydrogen-bond acceptors (Lipinski definition) is 4. The third-order valence-electron chi connectivity index (χ3n) is 4.62. The summed E-state index contributed by atoms with van der Waals surface area (Å²) in [6.07, 6.45) is 2.10. The summed E-state index contributed by atoms with van der Waals surface area (Å²) in [6.45, 7) is 0. The molecule has 1 aliphatic rings. The number of carbonyl (C=O) groups is 1. The number of nitrogens with zero attached hydrogens (tertiary/aromatic N) is 2. The highest BCUT2D eigenvalue weighted by molar-refractivity contribution is 5.94. The van der Waals surface area contributed by atoms with E-state index >= 15 is 0 Å². The van der Waals surface area contributed by atoms with Gasteiger partial charge in [-0.15, -0.1) is 0 Å². The minimum Gasteiger partial charge on any atom is -0.497 e. The molecule has 0 saturated heterocycles. The molecule has 6 heteroatoms. The Balaban J connectivity index is 1.76. The Morgan fingerprint density at radius 2 is 1.85 bits per heavy atom. The number of nitrogens with one attached hydrogen (secondary N) is 1. The summed E-state index contributed by atoms with van der Waals surface area (Å²) in [5, 5.41) is 2.96. The molecule has 0 fully saturated rings. The SMILES string of the molecule is COc1ccc(-n2cnc3c2NC(=O)C[C@@H]3c2cccc(OC)c2)cc1. The first-order chi connectivity index (χ1) is 12.7. The number of hydrogen-bond donors (Lipinski definition) is 1. The molecule has 1 aliphatic heterocycles. The van der Waals surface area contributed by atoms with E-state index < -0.39 is 0 Å². The lowest BCUT2D eigenvalue weighted by atomic mass is 9.89. The minimum atomic E-state index is -0.103. The second-order valence-corrected chi connectivity index (χ2v) is 6.13. The van der Waals surface area contributed by atoms with Gasteiger partial charge >= 0.3 is 0 Å². The number of imidazole rings is 1. The lowest BCUT2D eigenvalue weighted by Crippen LogP contribution is -2.24. The molecule has 1 atom stereocenters. The quantitative estimate of drug-likeness (QED) is 0.784. The van der Waals surface area contributed by atoms with Crippen molar-refractivity contribution in [1.29, 1.82) is 0 Å². The first-order valence-corrected chi connectivity index (χ1v) is 8.35. The van der Waals surface area contributed by atoms with E-state index in [0.717, 1.165) is 28.4 Å². The van der Waals surface area contributed by atoms with Crippen molar-refractivity contribution in [3.63, 3.8) is 0 Å². The van der Waals surface area contributed by atoms with Crippen molar-refractivity contribution in [3.05, 3.63) is 66.1 Å². The summed E-state index contributed by atoms with van der Waals surface area (Å²) >= 11 is 0. The lowest BCUT2D eigenvalue weighted by Gasteiger charge is -2.23. The number of rotatable bonds is 4. The third kappa shape index (κ3) is 2.79. The fraction of sp³-hybridized carbons (Fsp3) is 0.200. The predicted molar refractivity (Wildman–Crippen MR) is 98.2 cm³/mol. The zero-order valence-electron chi connectivity index (χ0n) is 14.6. The van der Waals surface area contributed by atoms with Gasteiger partial charge in [0.25, 0.3) is 0 Å². The molecule has 0 spiro atoms. The van der Waals surface area contributed by atoms with Crippen LogP contribution in [0.25, 0.3) is 5.69 Å². The maximum Gasteiger partial charge on any atom is 0.226 e. The van der Waals surface area contributed by atoms with Crippen molar-refractivity contribution in [1.82, 2.24) is 9.55 Å². The minimum absolute atomic E-state index is 0.0272. The van der Waals surface area contributed by atoms with Crippen molar-refractivity contribution in [2.75, 3.05) is 19.5 Å². The highest BCUT2D eigenvalue weighted by Crippen LogP contribution is 2.38. The van der Waals surface area contributed by atoms with Crippen LogP contribution in [0.3, 0.4) is 0 Å². The molecule has 26 heavy (non-hydrogen) atoms. The topological polar surface area (TPSA) is 65.4 Å². The number of anilines is 1. The number of fused-ring (bicyclic) bond motifs is 1. The van der Waals surface area contributed by atoms with Crippen LogP contribution < -0.4 is 14.8 Å². The molecule has 1 amide bonds. The van der Waals surface area contributed by atoms with Crippen LogP contribution in [0.4, 0.5) is 5.82 Å². The Morgan fingerprint density at radius 3 is 2.58 bits per heavy atom. The maximum atomic E-state index is 12.3. The van der Waals surface area contributed by atoms with Gasteiger partial charge in [-0.25, -0.2) is 4.98 Å². The number of carbonyl (C=O) groups excluding carboxylic acids is 1. The van der Waals surface area contributed by atoms with Crippen LogP contribution in [0.1, 0.15) is 23.6 Å². The molecule has 2 heterocycles. The molecule has 2 aromatic carbocycles. The monoisotopic (exact) mass is 349 g/mol. The summed E-state index contributed by atoms with van der Waals surface area (Å²) in [7, 11) is 3.27. The normalized spacial score (nSPS) is 15.9. The largest absolute Gasteiger partial charge is 0.497 e. The van der Waals surface area contributed by atoms with Gasteiger partial charge in [0.15, 0.2) is 0 Å². The summed E-state index contributed by atoms with van der Waals surface area (Å²) in [4.78, 5) is 16.9. The molecule has 0 unspecified atom stereocenters. The zero-order chi connectivity index (χ0) is 18.1. The molecular weight excluding hydrogens is 330 g/mol.